The lowest BCUT2D eigenvalue weighted by Gasteiger charge is -2.08. The number of hydrogen-bond donors (Lipinski definition) is 1. The highest BCUT2D eigenvalue weighted by Crippen LogP contribution is 2.18. The average molecular weight is 463 g/mol. The smallest absolute Gasteiger partial charge is 0.252 e. The molecular weight excluding hydrogens is 448 g/mol. The van der Waals surface area contributed by atoms with Crippen LogP contribution in [0.4, 0.5) is 4.39 Å². The molecule has 0 unspecified atom stereocenters. The first kappa shape index (κ1) is 18.2. The van der Waals surface area contributed by atoms with Crippen molar-refractivity contribution in [3.8, 4) is 17.1 Å². The fourth-order valence-electron chi connectivity index (χ4n) is 2.23. The van der Waals surface area contributed by atoms with Gasteiger partial charge in [0, 0.05) is 15.2 Å². The van der Waals surface area contributed by atoms with Crippen LogP contribution in [0.25, 0.3) is 11.3 Å². The zero-order chi connectivity index (χ0) is 18.4. The number of hydrogen-bond acceptors (Lipinski definition) is 4. The first-order valence-corrected chi connectivity index (χ1v) is 8.96. The fraction of sp³-hybridized carbons (Fsp3) is 0.105. The SMILES string of the molecule is O=C(NCCOc1ccc(-c2ccc(F)cc2)nn1)c1ccccc1I. The van der Waals surface area contributed by atoms with Gasteiger partial charge in [0.15, 0.2) is 0 Å². The predicted octanol–water partition coefficient (Wildman–Crippen LogP) is 3.70. The van der Waals surface area contributed by atoms with Crippen LogP contribution in [0, 0.1) is 9.39 Å². The Hall–Kier alpha value is -2.55. The second kappa shape index (κ2) is 8.70. The van der Waals surface area contributed by atoms with Gasteiger partial charge >= 0.3 is 0 Å². The second-order valence-electron chi connectivity index (χ2n) is 5.35. The average Bonchev–Trinajstić information content (AvgIpc) is 2.66. The Morgan fingerprint density at radius 2 is 1.81 bits per heavy atom. The van der Waals surface area contributed by atoms with E-state index < -0.39 is 0 Å². The molecule has 7 heteroatoms. The molecule has 0 aliphatic rings. The van der Waals surface area contributed by atoms with Gasteiger partial charge in [0.25, 0.3) is 5.91 Å². The summed E-state index contributed by atoms with van der Waals surface area (Å²) in [6.45, 7) is 0.630. The van der Waals surface area contributed by atoms with Crippen LogP contribution in [0.1, 0.15) is 10.4 Å². The largest absolute Gasteiger partial charge is 0.475 e. The molecule has 1 amide bonds. The van der Waals surface area contributed by atoms with Crippen LogP contribution in [-0.4, -0.2) is 29.3 Å². The monoisotopic (exact) mass is 463 g/mol. The quantitative estimate of drug-likeness (QED) is 0.448. The molecule has 0 radical (unpaired) electrons. The minimum Gasteiger partial charge on any atom is -0.475 e. The van der Waals surface area contributed by atoms with Gasteiger partial charge in [0.05, 0.1) is 17.8 Å². The Bertz CT molecular complexity index is 886. The Kier molecular flexibility index (Phi) is 6.11. The Balaban J connectivity index is 1.49. The van der Waals surface area contributed by atoms with Crippen molar-refractivity contribution in [1.29, 1.82) is 0 Å². The number of carbonyl (C=O) groups excluding carboxylic acids is 1. The zero-order valence-corrected chi connectivity index (χ0v) is 15.8. The summed E-state index contributed by atoms with van der Waals surface area (Å²) in [5.41, 5.74) is 2.04. The highest BCUT2D eigenvalue weighted by Gasteiger charge is 2.08. The van der Waals surface area contributed by atoms with Crippen molar-refractivity contribution in [3.05, 3.63) is 75.6 Å². The van der Waals surface area contributed by atoms with Gasteiger partial charge < -0.3 is 10.1 Å². The number of rotatable bonds is 6. The van der Waals surface area contributed by atoms with E-state index in [0.29, 0.717) is 23.7 Å². The summed E-state index contributed by atoms with van der Waals surface area (Å²) < 4.78 is 19.3. The van der Waals surface area contributed by atoms with E-state index >= 15 is 0 Å². The lowest BCUT2D eigenvalue weighted by molar-refractivity contribution is 0.0945. The van der Waals surface area contributed by atoms with Gasteiger partial charge in [-0.1, -0.05) is 12.1 Å². The number of carbonyl (C=O) groups is 1. The lowest BCUT2D eigenvalue weighted by atomic mass is 10.1. The van der Waals surface area contributed by atoms with Gasteiger partial charge in [-0.2, -0.15) is 0 Å². The van der Waals surface area contributed by atoms with Gasteiger partial charge in [0.2, 0.25) is 5.88 Å². The second-order valence-corrected chi connectivity index (χ2v) is 6.51. The van der Waals surface area contributed by atoms with Crippen molar-refractivity contribution >= 4 is 28.5 Å². The first-order chi connectivity index (χ1) is 12.6. The number of halogens is 2. The maximum absolute atomic E-state index is 12.9. The van der Waals surface area contributed by atoms with E-state index in [4.69, 9.17) is 4.74 Å². The Labute approximate surface area is 163 Å². The van der Waals surface area contributed by atoms with E-state index in [1.807, 2.05) is 18.2 Å². The minimum absolute atomic E-state index is 0.142. The van der Waals surface area contributed by atoms with E-state index in [0.717, 1.165) is 9.13 Å². The third-order valence-corrected chi connectivity index (χ3v) is 4.48. The molecule has 1 N–H and O–H groups in total. The lowest BCUT2D eigenvalue weighted by Crippen LogP contribution is -2.28. The molecule has 0 aliphatic carbocycles. The number of benzene rings is 2. The van der Waals surface area contributed by atoms with E-state index in [9.17, 15) is 9.18 Å². The molecule has 132 valence electrons. The zero-order valence-electron chi connectivity index (χ0n) is 13.7. The van der Waals surface area contributed by atoms with Crippen molar-refractivity contribution in [2.24, 2.45) is 0 Å². The highest BCUT2D eigenvalue weighted by molar-refractivity contribution is 14.1. The van der Waals surface area contributed by atoms with E-state index in [1.54, 1.807) is 30.3 Å². The molecule has 0 fully saturated rings. The van der Waals surface area contributed by atoms with Gasteiger partial charge in [-0.3, -0.25) is 4.79 Å². The molecule has 1 aromatic heterocycles. The molecule has 5 nitrogen and oxygen atoms in total. The van der Waals surface area contributed by atoms with Crippen LogP contribution < -0.4 is 10.1 Å². The van der Waals surface area contributed by atoms with Crippen LogP contribution in [0.5, 0.6) is 5.88 Å². The third-order valence-electron chi connectivity index (χ3n) is 3.54. The summed E-state index contributed by atoms with van der Waals surface area (Å²) in [5, 5.41) is 10.9. The fourth-order valence-corrected chi connectivity index (χ4v) is 2.86. The maximum atomic E-state index is 12.9. The normalized spacial score (nSPS) is 10.4. The van der Waals surface area contributed by atoms with E-state index in [1.165, 1.54) is 12.1 Å². The molecule has 3 rings (SSSR count). The number of aromatic nitrogens is 2. The van der Waals surface area contributed by atoms with Crippen LogP contribution in [-0.2, 0) is 0 Å². The van der Waals surface area contributed by atoms with Crippen molar-refractivity contribution in [3.63, 3.8) is 0 Å². The maximum Gasteiger partial charge on any atom is 0.252 e. The van der Waals surface area contributed by atoms with E-state index in [2.05, 4.69) is 38.1 Å². The van der Waals surface area contributed by atoms with Crippen LogP contribution in [0.2, 0.25) is 0 Å². The van der Waals surface area contributed by atoms with Crippen molar-refractivity contribution < 1.29 is 13.9 Å². The summed E-state index contributed by atoms with van der Waals surface area (Å²) in [6, 6.07) is 16.8. The molecule has 26 heavy (non-hydrogen) atoms. The van der Waals surface area contributed by atoms with Crippen molar-refractivity contribution in [1.82, 2.24) is 15.5 Å². The molecular formula is C19H15FIN3O2. The van der Waals surface area contributed by atoms with Gasteiger partial charge in [-0.15, -0.1) is 10.2 Å². The highest BCUT2D eigenvalue weighted by atomic mass is 127. The predicted molar refractivity (Wildman–Crippen MR) is 104 cm³/mol. The molecule has 0 spiro atoms. The number of nitrogens with zero attached hydrogens (tertiary/aromatic N) is 2. The number of nitrogens with one attached hydrogen (secondary N) is 1. The number of ether oxygens (including phenoxy) is 1. The van der Waals surface area contributed by atoms with Gasteiger partial charge in [0.1, 0.15) is 12.4 Å². The summed E-state index contributed by atoms with van der Waals surface area (Å²) in [4.78, 5) is 12.1. The minimum atomic E-state index is -0.297. The molecule has 0 saturated heterocycles. The van der Waals surface area contributed by atoms with Crippen LogP contribution in [0.3, 0.4) is 0 Å². The molecule has 0 aliphatic heterocycles. The molecule has 1 heterocycles. The molecule has 0 bridgehead atoms. The summed E-state index contributed by atoms with van der Waals surface area (Å²) >= 11 is 2.12. The van der Waals surface area contributed by atoms with Gasteiger partial charge in [-0.25, -0.2) is 4.39 Å². The van der Waals surface area contributed by atoms with Crippen LogP contribution >= 0.6 is 22.6 Å². The van der Waals surface area contributed by atoms with Crippen molar-refractivity contribution in [2.75, 3.05) is 13.2 Å². The molecule has 0 saturated carbocycles. The van der Waals surface area contributed by atoms with E-state index in [-0.39, 0.29) is 18.3 Å². The molecule has 0 atom stereocenters. The first-order valence-electron chi connectivity index (χ1n) is 7.89. The number of amides is 1. The van der Waals surface area contributed by atoms with Crippen molar-refractivity contribution in [2.45, 2.75) is 0 Å². The summed E-state index contributed by atoms with van der Waals surface area (Å²) in [7, 11) is 0. The third kappa shape index (κ3) is 4.75. The topological polar surface area (TPSA) is 64.1 Å². The standard InChI is InChI=1S/C19H15FIN3O2/c20-14-7-5-13(6-8-14)17-9-10-18(24-23-17)26-12-11-22-19(25)15-3-1-2-4-16(15)21/h1-10H,11-12H2,(H,22,25). The Morgan fingerprint density at radius 3 is 2.50 bits per heavy atom. The Morgan fingerprint density at radius 1 is 1.04 bits per heavy atom. The summed E-state index contributed by atoms with van der Waals surface area (Å²) in [6.07, 6.45) is 0. The van der Waals surface area contributed by atoms with Crippen LogP contribution in [0.15, 0.2) is 60.7 Å². The van der Waals surface area contributed by atoms with Gasteiger partial charge in [-0.05, 0) is 65.1 Å². The molecule has 2 aromatic carbocycles. The summed E-state index contributed by atoms with van der Waals surface area (Å²) in [5.74, 6) is -0.0790. The molecule has 3 aromatic rings.